The SMILES string of the molecule is CCc1ccc(C(=C2CCN(CC(O)COc3cccc4ncccc34)CC2)c2ccc(CC)cc2)cc1. The van der Waals surface area contributed by atoms with Crippen molar-refractivity contribution in [2.24, 2.45) is 0 Å². The first-order chi connectivity index (χ1) is 18.6. The number of aliphatic hydroxyl groups is 1. The molecule has 1 N–H and O–H groups in total. The van der Waals surface area contributed by atoms with Crippen molar-refractivity contribution in [1.82, 2.24) is 9.88 Å². The number of likely N-dealkylation sites (tertiary alicyclic amines) is 1. The minimum absolute atomic E-state index is 0.270. The Balaban J connectivity index is 1.26. The van der Waals surface area contributed by atoms with Gasteiger partial charge in [-0.05, 0) is 77.8 Å². The van der Waals surface area contributed by atoms with Gasteiger partial charge in [-0.2, -0.15) is 0 Å². The normalized spacial score (nSPS) is 15.0. The largest absolute Gasteiger partial charge is 0.490 e. The quantitative estimate of drug-likeness (QED) is 0.274. The molecule has 0 spiro atoms. The minimum atomic E-state index is -0.546. The van der Waals surface area contributed by atoms with Crippen LogP contribution < -0.4 is 4.74 Å². The fourth-order valence-electron chi connectivity index (χ4n) is 5.38. The third kappa shape index (κ3) is 6.15. The van der Waals surface area contributed by atoms with E-state index in [2.05, 4.69) is 72.3 Å². The number of rotatable bonds is 9. The summed E-state index contributed by atoms with van der Waals surface area (Å²) in [5.41, 5.74) is 9.11. The van der Waals surface area contributed by atoms with E-state index >= 15 is 0 Å². The van der Waals surface area contributed by atoms with Gasteiger partial charge in [-0.1, -0.05) is 74.0 Å². The Labute approximate surface area is 226 Å². The lowest BCUT2D eigenvalue weighted by molar-refractivity contribution is 0.0661. The van der Waals surface area contributed by atoms with E-state index < -0.39 is 6.10 Å². The van der Waals surface area contributed by atoms with Gasteiger partial charge in [0.2, 0.25) is 0 Å². The molecule has 196 valence electrons. The summed E-state index contributed by atoms with van der Waals surface area (Å²) in [4.78, 5) is 6.75. The number of nitrogens with zero attached hydrogens (tertiary/aromatic N) is 2. The number of aromatic nitrogens is 1. The zero-order valence-electron chi connectivity index (χ0n) is 22.6. The molecule has 1 aromatic heterocycles. The average molecular weight is 507 g/mol. The maximum Gasteiger partial charge on any atom is 0.128 e. The lowest BCUT2D eigenvalue weighted by atomic mass is 9.87. The maximum absolute atomic E-state index is 10.8. The van der Waals surface area contributed by atoms with Gasteiger partial charge in [-0.3, -0.25) is 9.88 Å². The number of aliphatic hydroxyl groups excluding tert-OH is 1. The molecule has 1 atom stereocenters. The number of ether oxygens (including phenoxy) is 1. The molecule has 2 heterocycles. The molecule has 0 aliphatic carbocycles. The summed E-state index contributed by atoms with van der Waals surface area (Å²) >= 11 is 0. The van der Waals surface area contributed by atoms with Crippen molar-refractivity contribution in [2.75, 3.05) is 26.2 Å². The smallest absolute Gasteiger partial charge is 0.128 e. The van der Waals surface area contributed by atoms with Gasteiger partial charge in [0.15, 0.2) is 0 Å². The van der Waals surface area contributed by atoms with Crippen LogP contribution in [0.3, 0.4) is 0 Å². The Hall–Kier alpha value is -3.47. The monoisotopic (exact) mass is 506 g/mol. The standard InChI is InChI=1S/C34H38N2O2/c1-3-25-10-14-27(15-11-25)34(28-16-12-26(4-2)13-17-28)29-18-21-36(22-19-29)23-30(37)24-38-33-9-5-8-32-31(33)7-6-20-35-32/h5-17,20,30,37H,3-4,18-19,21-24H2,1-2H3. The van der Waals surface area contributed by atoms with Crippen LogP contribution in [0.15, 0.2) is 90.6 Å². The molecule has 4 heteroatoms. The first-order valence-electron chi connectivity index (χ1n) is 13.9. The van der Waals surface area contributed by atoms with Gasteiger partial charge in [-0.15, -0.1) is 0 Å². The predicted octanol–water partition coefficient (Wildman–Crippen LogP) is 6.70. The lowest BCUT2D eigenvalue weighted by Crippen LogP contribution is -2.39. The summed E-state index contributed by atoms with van der Waals surface area (Å²) in [5.74, 6) is 0.770. The number of aryl methyl sites for hydroxylation is 2. The van der Waals surface area contributed by atoms with Crippen LogP contribution in [-0.4, -0.2) is 47.3 Å². The van der Waals surface area contributed by atoms with Gasteiger partial charge < -0.3 is 9.84 Å². The highest BCUT2D eigenvalue weighted by molar-refractivity contribution is 5.85. The Kier molecular flexibility index (Phi) is 8.52. The van der Waals surface area contributed by atoms with Crippen molar-refractivity contribution >= 4 is 16.5 Å². The summed E-state index contributed by atoms with van der Waals surface area (Å²) in [6.07, 6.45) is 5.35. The van der Waals surface area contributed by atoms with Crippen molar-refractivity contribution in [3.63, 3.8) is 0 Å². The molecule has 3 aromatic carbocycles. The highest BCUT2D eigenvalue weighted by Crippen LogP contribution is 2.33. The van der Waals surface area contributed by atoms with Crippen molar-refractivity contribution in [2.45, 2.75) is 45.6 Å². The van der Waals surface area contributed by atoms with E-state index in [4.69, 9.17) is 4.74 Å². The van der Waals surface area contributed by atoms with Gasteiger partial charge in [0.1, 0.15) is 18.5 Å². The van der Waals surface area contributed by atoms with Crippen LogP contribution in [0.4, 0.5) is 0 Å². The van der Waals surface area contributed by atoms with Gasteiger partial charge >= 0.3 is 0 Å². The number of β-amino-alcohol motifs (C(OH)–C–C–N with tert-alkyl or cyclic N) is 1. The number of fused-ring (bicyclic) bond motifs is 1. The summed E-state index contributed by atoms with van der Waals surface area (Å²) in [6.45, 7) is 7.16. The zero-order chi connectivity index (χ0) is 26.3. The van der Waals surface area contributed by atoms with Crippen LogP contribution in [0.25, 0.3) is 16.5 Å². The van der Waals surface area contributed by atoms with E-state index in [0.717, 1.165) is 55.4 Å². The molecule has 4 aromatic rings. The van der Waals surface area contributed by atoms with Crippen LogP contribution in [-0.2, 0) is 12.8 Å². The van der Waals surface area contributed by atoms with Crippen molar-refractivity contribution in [3.8, 4) is 5.75 Å². The first kappa shape index (κ1) is 26.1. The molecular weight excluding hydrogens is 468 g/mol. The number of piperidine rings is 1. The van der Waals surface area contributed by atoms with E-state index in [0.29, 0.717) is 6.54 Å². The fourth-order valence-corrected chi connectivity index (χ4v) is 5.38. The molecule has 1 aliphatic heterocycles. The molecule has 1 aliphatic rings. The number of pyridine rings is 1. The van der Waals surface area contributed by atoms with Crippen LogP contribution in [0.1, 0.15) is 48.9 Å². The van der Waals surface area contributed by atoms with Crippen molar-refractivity contribution in [3.05, 3.63) is 113 Å². The topological polar surface area (TPSA) is 45.6 Å². The molecule has 1 fully saturated rings. The second-order valence-electron chi connectivity index (χ2n) is 10.2. The van der Waals surface area contributed by atoms with Crippen molar-refractivity contribution in [1.29, 1.82) is 0 Å². The van der Waals surface area contributed by atoms with E-state index in [1.165, 1.54) is 33.4 Å². The van der Waals surface area contributed by atoms with E-state index in [1.807, 2.05) is 30.3 Å². The Morgan fingerprint density at radius 1 is 0.842 bits per heavy atom. The predicted molar refractivity (Wildman–Crippen MR) is 157 cm³/mol. The van der Waals surface area contributed by atoms with Crippen LogP contribution in [0.5, 0.6) is 5.75 Å². The van der Waals surface area contributed by atoms with Gasteiger partial charge in [0.25, 0.3) is 0 Å². The third-order valence-corrected chi connectivity index (χ3v) is 7.62. The van der Waals surface area contributed by atoms with Crippen LogP contribution in [0, 0.1) is 0 Å². The molecular formula is C34H38N2O2. The molecule has 5 rings (SSSR count). The summed E-state index contributed by atoms with van der Waals surface area (Å²) < 4.78 is 6.01. The molecule has 1 unspecified atom stereocenters. The Bertz CT molecular complexity index is 1310. The third-order valence-electron chi connectivity index (χ3n) is 7.62. The fraction of sp³-hybridized carbons (Fsp3) is 0.324. The van der Waals surface area contributed by atoms with E-state index in [1.54, 1.807) is 6.20 Å². The second-order valence-corrected chi connectivity index (χ2v) is 10.2. The molecule has 4 nitrogen and oxygen atoms in total. The number of hydrogen-bond donors (Lipinski definition) is 1. The van der Waals surface area contributed by atoms with E-state index in [-0.39, 0.29) is 6.61 Å². The van der Waals surface area contributed by atoms with Crippen LogP contribution in [0.2, 0.25) is 0 Å². The number of benzene rings is 3. The molecule has 38 heavy (non-hydrogen) atoms. The Morgan fingerprint density at radius 2 is 1.47 bits per heavy atom. The van der Waals surface area contributed by atoms with Crippen LogP contribution >= 0.6 is 0 Å². The molecule has 0 radical (unpaired) electrons. The lowest BCUT2D eigenvalue weighted by Gasteiger charge is -2.31. The Morgan fingerprint density at radius 3 is 2.08 bits per heavy atom. The highest BCUT2D eigenvalue weighted by Gasteiger charge is 2.21. The summed E-state index contributed by atoms with van der Waals surface area (Å²) in [7, 11) is 0. The first-order valence-corrected chi connectivity index (χ1v) is 13.9. The van der Waals surface area contributed by atoms with E-state index in [9.17, 15) is 5.11 Å². The highest BCUT2D eigenvalue weighted by atomic mass is 16.5. The summed E-state index contributed by atoms with van der Waals surface area (Å²) in [6, 6.07) is 27.9. The van der Waals surface area contributed by atoms with Crippen molar-refractivity contribution < 1.29 is 9.84 Å². The molecule has 1 saturated heterocycles. The summed E-state index contributed by atoms with van der Waals surface area (Å²) in [5, 5.41) is 11.7. The average Bonchev–Trinajstić information content (AvgIpc) is 2.98. The molecule has 0 bridgehead atoms. The van der Waals surface area contributed by atoms with Gasteiger partial charge in [0, 0.05) is 31.2 Å². The van der Waals surface area contributed by atoms with Gasteiger partial charge in [-0.25, -0.2) is 0 Å². The molecule has 0 amide bonds. The minimum Gasteiger partial charge on any atom is -0.490 e. The number of hydrogen-bond acceptors (Lipinski definition) is 4. The van der Waals surface area contributed by atoms with Gasteiger partial charge in [0.05, 0.1) is 5.52 Å². The molecule has 0 saturated carbocycles. The zero-order valence-corrected chi connectivity index (χ0v) is 22.6. The maximum atomic E-state index is 10.8. The second kappa shape index (κ2) is 12.4.